The Morgan fingerprint density at radius 2 is 2.08 bits per heavy atom. The second-order valence-corrected chi connectivity index (χ2v) is 5.00. The number of hydrogen-bond donors (Lipinski definition) is 1. The number of carbonyl (C=O) groups excluding carboxylic acids is 1. The van der Waals surface area contributed by atoms with Crippen molar-refractivity contribution < 1.29 is 9.00 Å². The summed E-state index contributed by atoms with van der Waals surface area (Å²) in [6.07, 6.45) is 0. The number of nitrogens with two attached hydrogens (primary N) is 1. The molecule has 7 heteroatoms. The summed E-state index contributed by atoms with van der Waals surface area (Å²) in [6, 6.07) is 3.50. The summed E-state index contributed by atoms with van der Waals surface area (Å²) < 4.78 is 9.09. The quantitative estimate of drug-likeness (QED) is 0.769. The zero-order chi connectivity index (χ0) is 9.56. The summed E-state index contributed by atoms with van der Waals surface area (Å²) in [5.41, 5.74) is 4.93. The molecule has 0 aliphatic rings. The first-order valence-electron chi connectivity index (χ1n) is 2.61. The first-order chi connectivity index (χ1) is 5.54. The molecule has 0 saturated carbocycles. The molecule has 0 aliphatic carbocycles. The van der Waals surface area contributed by atoms with Crippen LogP contribution in [0.15, 0.2) is 17.5 Å². The predicted molar refractivity (Wildman–Crippen MR) is 52.7 cm³/mol. The zero-order valence-electron chi connectivity index (χ0n) is 5.70. The molecule has 0 atom stereocenters. The van der Waals surface area contributed by atoms with Gasteiger partial charge in [-0.1, -0.05) is 6.07 Å². The van der Waals surface area contributed by atoms with Crippen molar-refractivity contribution in [3.05, 3.63) is 22.4 Å². The van der Waals surface area contributed by atoms with Crippen molar-refractivity contribution in [1.82, 2.24) is 0 Å². The monoisotopic (exact) mass is 245 g/mol. The van der Waals surface area contributed by atoms with Crippen molar-refractivity contribution in [2.75, 3.05) is 0 Å². The van der Waals surface area contributed by atoms with E-state index in [1.54, 1.807) is 12.1 Å². The summed E-state index contributed by atoms with van der Waals surface area (Å²) in [6.45, 7) is 0. The lowest BCUT2D eigenvalue weighted by Gasteiger charge is -1.80. The van der Waals surface area contributed by atoms with Gasteiger partial charge in [0.2, 0.25) is 9.23 Å². The van der Waals surface area contributed by atoms with Gasteiger partial charge in [0.25, 0.3) is 5.91 Å². The smallest absolute Gasteiger partial charge is 0.258 e. The highest BCUT2D eigenvalue weighted by Crippen LogP contribution is 2.05. The number of hydrogen-bond acceptors (Lipinski definition) is 3. The molecule has 0 bridgehead atoms. The highest BCUT2D eigenvalue weighted by Gasteiger charge is 1.96. The molecule has 1 heterocycles. The second kappa shape index (κ2) is 6.42. The van der Waals surface area contributed by atoms with Crippen LogP contribution < -0.4 is 5.73 Å². The Hall–Kier alpha value is -0.100. The van der Waals surface area contributed by atoms with Gasteiger partial charge in [0.15, 0.2) is 0 Å². The maximum atomic E-state index is 10.3. The van der Waals surface area contributed by atoms with E-state index in [1.165, 1.54) is 11.3 Å². The van der Waals surface area contributed by atoms with E-state index in [-0.39, 0.29) is 5.91 Å². The minimum Gasteiger partial charge on any atom is -0.365 e. The van der Waals surface area contributed by atoms with E-state index in [9.17, 15) is 4.79 Å². The van der Waals surface area contributed by atoms with Crippen LogP contribution in [-0.2, 0) is 9.23 Å². The van der Waals surface area contributed by atoms with Gasteiger partial charge in [-0.25, -0.2) is 4.21 Å². The molecule has 12 heavy (non-hydrogen) atoms. The van der Waals surface area contributed by atoms with E-state index >= 15 is 0 Å². The molecule has 0 aromatic carbocycles. The van der Waals surface area contributed by atoms with Gasteiger partial charge in [-0.3, -0.25) is 4.79 Å². The van der Waals surface area contributed by atoms with Crippen LogP contribution in [0.5, 0.6) is 0 Å². The van der Waals surface area contributed by atoms with E-state index < -0.39 is 9.23 Å². The van der Waals surface area contributed by atoms with Crippen LogP contribution in [0.2, 0.25) is 0 Å². The SMILES string of the molecule is NC(=O)c1cccs1.O=S(Cl)Cl. The third-order valence-corrected chi connectivity index (χ3v) is 1.65. The number of rotatable bonds is 1. The summed E-state index contributed by atoms with van der Waals surface area (Å²) in [5.74, 6) is -0.347. The van der Waals surface area contributed by atoms with Gasteiger partial charge in [0.1, 0.15) is 0 Å². The average molecular weight is 246 g/mol. The van der Waals surface area contributed by atoms with E-state index in [1.807, 2.05) is 5.38 Å². The second-order valence-electron chi connectivity index (χ2n) is 1.53. The minimum absolute atomic E-state index is 0.347. The molecule has 0 saturated heterocycles. The van der Waals surface area contributed by atoms with Crippen molar-refractivity contribution >= 4 is 47.8 Å². The Labute approximate surface area is 84.9 Å². The maximum absolute atomic E-state index is 10.3. The molecule has 1 aromatic rings. The molecule has 68 valence electrons. The molecule has 3 nitrogen and oxygen atoms in total. The van der Waals surface area contributed by atoms with Crippen molar-refractivity contribution in [3.8, 4) is 0 Å². The van der Waals surface area contributed by atoms with Gasteiger partial charge in [-0.05, 0) is 11.4 Å². The average Bonchev–Trinajstić information content (AvgIpc) is 2.34. The van der Waals surface area contributed by atoms with Crippen LogP contribution in [0.25, 0.3) is 0 Å². The fourth-order valence-electron chi connectivity index (χ4n) is 0.419. The van der Waals surface area contributed by atoms with Crippen LogP contribution in [0.3, 0.4) is 0 Å². The third-order valence-electron chi connectivity index (χ3n) is 0.764. The number of carbonyl (C=O) groups is 1. The number of primary amides is 1. The van der Waals surface area contributed by atoms with Crippen LogP contribution >= 0.6 is 32.7 Å². The fourth-order valence-corrected chi connectivity index (χ4v) is 0.996. The molecular formula is C5H5Cl2NO2S2. The summed E-state index contributed by atoms with van der Waals surface area (Å²) >= 11 is 1.36. The molecule has 2 N–H and O–H groups in total. The highest BCUT2D eigenvalue weighted by atomic mass is 36.0. The number of amides is 1. The highest BCUT2D eigenvalue weighted by molar-refractivity contribution is 8.26. The van der Waals surface area contributed by atoms with E-state index in [4.69, 9.17) is 9.94 Å². The Morgan fingerprint density at radius 1 is 1.58 bits per heavy atom. The van der Waals surface area contributed by atoms with E-state index in [0.29, 0.717) is 4.88 Å². The Morgan fingerprint density at radius 3 is 2.25 bits per heavy atom. The van der Waals surface area contributed by atoms with E-state index in [0.717, 1.165) is 0 Å². The topological polar surface area (TPSA) is 60.2 Å². The summed E-state index contributed by atoms with van der Waals surface area (Å²) in [5, 5.41) is 1.82. The maximum Gasteiger partial charge on any atom is 0.258 e. The van der Waals surface area contributed by atoms with Crippen LogP contribution in [0.4, 0.5) is 0 Å². The minimum atomic E-state index is -1.67. The molecule has 0 spiro atoms. The third kappa shape index (κ3) is 6.60. The van der Waals surface area contributed by atoms with E-state index in [2.05, 4.69) is 21.4 Å². The summed E-state index contributed by atoms with van der Waals surface area (Å²) in [4.78, 5) is 10.9. The largest absolute Gasteiger partial charge is 0.365 e. The molecular weight excluding hydrogens is 241 g/mol. The first kappa shape index (κ1) is 11.9. The predicted octanol–water partition coefficient (Wildman–Crippen LogP) is 1.89. The van der Waals surface area contributed by atoms with Crippen molar-refractivity contribution in [2.24, 2.45) is 5.73 Å². The van der Waals surface area contributed by atoms with Crippen molar-refractivity contribution in [1.29, 1.82) is 0 Å². The molecule has 1 rings (SSSR count). The Kier molecular flexibility index (Phi) is 6.37. The lowest BCUT2D eigenvalue weighted by Crippen LogP contribution is -2.07. The number of thiophene rings is 1. The fraction of sp³-hybridized carbons (Fsp3) is 0. The molecule has 0 fully saturated rings. The van der Waals surface area contributed by atoms with Crippen LogP contribution in [0, 0.1) is 0 Å². The van der Waals surface area contributed by atoms with Gasteiger partial charge < -0.3 is 5.73 Å². The van der Waals surface area contributed by atoms with Gasteiger partial charge in [0, 0.05) is 21.4 Å². The van der Waals surface area contributed by atoms with Gasteiger partial charge in [-0.15, -0.1) is 11.3 Å². The molecule has 0 aliphatic heterocycles. The van der Waals surface area contributed by atoms with Crippen molar-refractivity contribution in [3.63, 3.8) is 0 Å². The van der Waals surface area contributed by atoms with Gasteiger partial charge in [-0.2, -0.15) is 0 Å². The normalized spacial score (nSPS) is 8.92. The molecule has 1 amide bonds. The Balaban J connectivity index is 0.000000261. The molecule has 0 unspecified atom stereocenters. The van der Waals surface area contributed by atoms with Gasteiger partial charge >= 0.3 is 0 Å². The lowest BCUT2D eigenvalue weighted by molar-refractivity contribution is 0.100. The van der Waals surface area contributed by atoms with Crippen molar-refractivity contribution in [2.45, 2.75) is 0 Å². The Bertz CT molecular complexity index is 258. The summed E-state index contributed by atoms with van der Waals surface area (Å²) in [7, 11) is 7.36. The van der Waals surface area contributed by atoms with Gasteiger partial charge in [0.05, 0.1) is 4.88 Å². The van der Waals surface area contributed by atoms with Crippen LogP contribution in [-0.4, -0.2) is 10.1 Å². The molecule has 0 radical (unpaired) electrons. The number of halogens is 2. The first-order valence-corrected chi connectivity index (χ1v) is 6.30. The lowest BCUT2D eigenvalue weighted by atomic mass is 10.5. The van der Waals surface area contributed by atoms with Crippen LogP contribution in [0.1, 0.15) is 9.67 Å². The zero-order valence-corrected chi connectivity index (χ0v) is 8.84. The standard InChI is InChI=1S/C5H5NOS.Cl2OS/c6-5(7)4-2-1-3-8-4;1-4(2)3/h1-3H,(H2,6,7);. The molecule has 1 aromatic heterocycles.